The molecular weight excluding hydrogens is 164 g/mol. The van der Waals surface area contributed by atoms with Gasteiger partial charge in [-0.25, -0.2) is 0 Å². The number of aliphatic hydroxyl groups is 2. The molecule has 0 spiro atoms. The van der Waals surface area contributed by atoms with E-state index in [1.54, 1.807) is 6.92 Å². The maximum Gasteiger partial charge on any atom is 0.0544 e. The van der Waals surface area contributed by atoms with Gasteiger partial charge in [-0.05, 0) is 39.0 Å². The lowest BCUT2D eigenvalue weighted by molar-refractivity contribution is 0.117. The summed E-state index contributed by atoms with van der Waals surface area (Å²) >= 11 is 0. The molecule has 2 heteroatoms. The first-order valence-electron chi connectivity index (χ1n) is 5.18. The van der Waals surface area contributed by atoms with Crippen molar-refractivity contribution in [2.75, 3.05) is 0 Å². The van der Waals surface area contributed by atoms with E-state index < -0.39 is 0 Å². The Kier molecular flexibility index (Phi) is 8.05. The van der Waals surface area contributed by atoms with Gasteiger partial charge < -0.3 is 10.2 Å². The van der Waals surface area contributed by atoms with Crippen molar-refractivity contribution in [2.45, 2.75) is 58.2 Å². The summed E-state index contributed by atoms with van der Waals surface area (Å²) in [6, 6.07) is 0. The number of rotatable bonds is 7. The SMILES string of the molecule is CCC=CCCC(O)CCC(C)O. The lowest BCUT2D eigenvalue weighted by Gasteiger charge is -2.09. The molecule has 0 saturated carbocycles. The van der Waals surface area contributed by atoms with Crippen LogP contribution in [0.15, 0.2) is 12.2 Å². The van der Waals surface area contributed by atoms with Gasteiger partial charge in [-0.15, -0.1) is 0 Å². The van der Waals surface area contributed by atoms with Gasteiger partial charge in [0.05, 0.1) is 12.2 Å². The van der Waals surface area contributed by atoms with E-state index in [0.717, 1.165) is 19.3 Å². The van der Waals surface area contributed by atoms with E-state index in [4.69, 9.17) is 5.11 Å². The van der Waals surface area contributed by atoms with Gasteiger partial charge in [0.1, 0.15) is 0 Å². The van der Waals surface area contributed by atoms with E-state index in [0.29, 0.717) is 12.8 Å². The van der Waals surface area contributed by atoms with Gasteiger partial charge in [0.15, 0.2) is 0 Å². The fourth-order valence-corrected chi connectivity index (χ4v) is 1.15. The zero-order chi connectivity index (χ0) is 10.1. The predicted octanol–water partition coefficient (Wildman–Crippen LogP) is 2.25. The predicted molar refractivity (Wildman–Crippen MR) is 55.6 cm³/mol. The van der Waals surface area contributed by atoms with Crippen molar-refractivity contribution in [1.29, 1.82) is 0 Å². The quantitative estimate of drug-likeness (QED) is 0.599. The van der Waals surface area contributed by atoms with Gasteiger partial charge >= 0.3 is 0 Å². The van der Waals surface area contributed by atoms with E-state index >= 15 is 0 Å². The topological polar surface area (TPSA) is 40.5 Å². The highest BCUT2D eigenvalue weighted by Crippen LogP contribution is 2.07. The van der Waals surface area contributed by atoms with Crippen molar-refractivity contribution in [1.82, 2.24) is 0 Å². The van der Waals surface area contributed by atoms with Gasteiger partial charge in [0.2, 0.25) is 0 Å². The van der Waals surface area contributed by atoms with Crippen LogP contribution in [0.3, 0.4) is 0 Å². The van der Waals surface area contributed by atoms with E-state index in [1.807, 2.05) is 0 Å². The lowest BCUT2D eigenvalue weighted by atomic mass is 10.1. The van der Waals surface area contributed by atoms with Gasteiger partial charge in [-0.1, -0.05) is 19.1 Å². The third-order valence-corrected chi connectivity index (χ3v) is 1.99. The molecule has 0 aromatic rings. The zero-order valence-corrected chi connectivity index (χ0v) is 8.74. The van der Waals surface area contributed by atoms with Crippen molar-refractivity contribution in [2.24, 2.45) is 0 Å². The second-order valence-corrected chi connectivity index (χ2v) is 3.54. The van der Waals surface area contributed by atoms with Crippen LogP contribution in [0.25, 0.3) is 0 Å². The summed E-state index contributed by atoms with van der Waals surface area (Å²) in [7, 11) is 0. The summed E-state index contributed by atoms with van der Waals surface area (Å²) in [6.07, 6.45) is 7.88. The van der Waals surface area contributed by atoms with Gasteiger partial charge in [0.25, 0.3) is 0 Å². The van der Waals surface area contributed by atoms with Crippen LogP contribution in [-0.2, 0) is 0 Å². The Morgan fingerprint density at radius 1 is 1.08 bits per heavy atom. The van der Waals surface area contributed by atoms with Crippen LogP contribution in [-0.4, -0.2) is 22.4 Å². The molecule has 0 aromatic carbocycles. The van der Waals surface area contributed by atoms with Crippen LogP contribution >= 0.6 is 0 Å². The molecule has 0 saturated heterocycles. The standard InChI is InChI=1S/C11H22O2/c1-3-4-5-6-7-11(13)9-8-10(2)12/h4-5,10-13H,3,6-9H2,1-2H3. The molecule has 0 amide bonds. The summed E-state index contributed by atoms with van der Waals surface area (Å²) in [6.45, 7) is 3.85. The first kappa shape index (κ1) is 12.7. The second kappa shape index (κ2) is 8.27. The van der Waals surface area contributed by atoms with Crippen molar-refractivity contribution < 1.29 is 10.2 Å². The molecule has 0 rings (SSSR count). The highest BCUT2D eigenvalue weighted by molar-refractivity contribution is 4.80. The summed E-state index contributed by atoms with van der Waals surface area (Å²) in [5, 5.41) is 18.4. The number of hydrogen-bond acceptors (Lipinski definition) is 2. The molecule has 2 N–H and O–H groups in total. The highest BCUT2D eigenvalue weighted by atomic mass is 16.3. The fraction of sp³-hybridized carbons (Fsp3) is 0.818. The molecule has 13 heavy (non-hydrogen) atoms. The molecule has 0 bridgehead atoms. The van der Waals surface area contributed by atoms with Crippen LogP contribution in [0.5, 0.6) is 0 Å². The molecule has 0 radical (unpaired) electrons. The lowest BCUT2D eigenvalue weighted by Crippen LogP contribution is -2.10. The van der Waals surface area contributed by atoms with Crippen LogP contribution in [0.4, 0.5) is 0 Å². The summed E-state index contributed by atoms with van der Waals surface area (Å²) in [5.74, 6) is 0. The third-order valence-electron chi connectivity index (χ3n) is 1.99. The summed E-state index contributed by atoms with van der Waals surface area (Å²) < 4.78 is 0. The molecule has 2 nitrogen and oxygen atoms in total. The maximum absolute atomic E-state index is 9.45. The van der Waals surface area contributed by atoms with Crippen LogP contribution in [0.2, 0.25) is 0 Å². The molecule has 0 aliphatic carbocycles. The minimum atomic E-state index is -0.291. The molecule has 0 heterocycles. The van der Waals surface area contributed by atoms with Crippen molar-refractivity contribution >= 4 is 0 Å². The fourth-order valence-electron chi connectivity index (χ4n) is 1.15. The van der Waals surface area contributed by atoms with Crippen LogP contribution in [0, 0.1) is 0 Å². The van der Waals surface area contributed by atoms with Crippen molar-refractivity contribution in [3.8, 4) is 0 Å². The minimum Gasteiger partial charge on any atom is -0.393 e. The maximum atomic E-state index is 9.45. The molecule has 0 fully saturated rings. The Morgan fingerprint density at radius 3 is 2.31 bits per heavy atom. The molecule has 78 valence electrons. The molecule has 0 aliphatic heterocycles. The van der Waals surface area contributed by atoms with Gasteiger partial charge in [0, 0.05) is 0 Å². The monoisotopic (exact) mass is 186 g/mol. The minimum absolute atomic E-state index is 0.254. The third kappa shape index (κ3) is 9.57. The average molecular weight is 186 g/mol. The van der Waals surface area contributed by atoms with Crippen LogP contribution in [0.1, 0.15) is 46.0 Å². The first-order chi connectivity index (χ1) is 6.16. The van der Waals surface area contributed by atoms with E-state index in [-0.39, 0.29) is 12.2 Å². The smallest absolute Gasteiger partial charge is 0.0544 e. The van der Waals surface area contributed by atoms with E-state index in [1.165, 1.54) is 0 Å². The van der Waals surface area contributed by atoms with Crippen LogP contribution < -0.4 is 0 Å². The molecular formula is C11H22O2. The van der Waals surface area contributed by atoms with Gasteiger partial charge in [-0.3, -0.25) is 0 Å². The largest absolute Gasteiger partial charge is 0.393 e. The molecule has 0 aromatic heterocycles. The van der Waals surface area contributed by atoms with Gasteiger partial charge in [-0.2, -0.15) is 0 Å². The Balaban J connectivity index is 3.29. The second-order valence-electron chi connectivity index (χ2n) is 3.54. The summed E-state index contributed by atoms with van der Waals surface area (Å²) in [5.41, 5.74) is 0. The van der Waals surface area contributed by atoms with E-state index in [2.05, 4.69) is 19.1 Å². The number of allylic oxidation sites excluding steroid dienone is 2. The Hall–Kier alpha value is -0.340. The number of aliphatic hydroxyl groups excluding tert-OH is 2. The van der Waals surface area contributed by atoms with Crippen molar-refractivity contribution in [3.63, 3.8) is 0 Å². The molecule has 2 atom stereocenters. The van der Waals surface area contributed by atoms with Crippen molar-refractivity contribution in [3.05, 3.63) is 12.2 Å². The molecule has 2 unspecified atom stereocenters. The zero-order valence-electron chi connectivity index (χ0n) is 8.74. The first-order valence-corrected chi connectivity index (χ1v) is 5.18. The summed E-state index contributed by atoms with van der Waals surface area (Å²) in [4.78, 5) is 0. The Morgan fingerprint density at radius 2 is 1.77 bits per heavy atom. The highest BCUT2D eigenvalue weighted by Gasteiger charge is 2.04. The molecule has 0 aliphatic rings. The average Bonchev–Trinajstić information content (AvgIpc) is 2.09. The van der Waals surface area contributed by atoms with E-state index in [9.17, 15) is 5.11 Å². The normalized spacial score (nSPS) is 16.3. The Bertz CT molecular complexity index is 130. The Labute approximate surface area is 81.3 Å². The number of hydrogen-bond donors (Lipinski definition) is 2.